The predicted octanol–water partition coefficient (Wildman–Crippen LogP) is 4.98. The molecule has 0 spiro atoms. The molecule has 10 nitrogen and oxygen atoms in total. The molecule has 1 aliphatic carbocycles. The third-order valence-corrected chi connectivity index (χ3v) is 7.62. The molecule has 6 rings (SSSR count). The molecule has 11 heteroatoms. The molecule has 0 amide bonds. The summed E-state index contributed by atoms with van der Waals surface area (Å²) in [6, 6.07) is 13.9. The van der Waals surface area contributed by atoms with Crippen molar-refractivity contribution in [2.24, 2.45) is 0 Å². The van der Waals surface area contributed by atoms with E-state index in [-0.39, 0.29) is 6.04 Å². The van der Waals surface area contributed by atoms with Crippen LogP contribution >= 0.6 is 0 Å². The van der Waals surface area contributed by atoms with Crippen LogP contribution in [-0.4, -0.2) is 51.5 Å². The Morgan fingerprint density at radius 1 is 1.05 bits per heavy atom. The lowest BCUT2D eigenvalue weighted by atomic mass is 9.89. The average Bonchev–Trinajstić information content (AvgIpc) is 3.45. The highest BCUT2D eigenvalue weighted by atomic mass is 32.2. The summed E-state index contributed by atoms with van der Waals surface area (Å²) in [5, 5.41) is 8.30. The zero-order valence-corrected chi connectivity index (χ0v) is 22.9. The Morgan fingerprint density at radius 2 is 1.85 bits per heavy atom. The number of para-hydroxylation sites is 1. The largest absolute Gasteiger partial charge is 0.361 e. The Bertz CT molecular complexity index is 1780. The van der Waals surface area contributed by atoms with Gasteiger partial charge in [-0.15, -0.1) is 0 Å². The van der Waals surface area contributed by atoms with E-state index in [0.717, 1.165) is 63.2 Å². The van der Waals surface area contributed by atoms with E-state index in [9.17, 15) is 8.42 Å². The number of aryl methyl sites for hydroxylation is 3. The fraction of sp³-hybridized carbons (Fsp3) is 0.286. The molecule has 200 valence electrons. The first-order chi connectivity index (χ1) is 18.7. The van der Waals surface area contributed by atoms with Crippen LogP contribution in [0.1, 0.15) is 29.9 Å². The first kappa shape index (κ1) is 25.2. The van der Waals surface area contributed by atoms with Crippen molar-refractivity contribution >= 4 is 27.1 Å². The van der Waals surface area contributed by atoms with Gasteiger partial charge in [-0.05, 0) is 63.4 Å². The molecule has 1 aliphatic rings. The van der Waals surface area contributed by atoms with Crippen molar-refractivity contribution in [2.75, 3.05) is 11.6 Å². The Balaban J connectivity index is 1.44. The molecule has 0 aliphatic heterocycles. The summed E-state index contributed by atoms with van der Waals surface area (Å²) in [6.07, 6.45) is 5.88. The molecule has 2 atom stereocenters. The summed E-state index contributed by atoms with van der Waals surface area (Å²) in [6.45, 7) is 5.76. The van der Waals surface area contributed by atoms with Crippen LogP contribution in [0.5, 0.6) is 0 Å². The van der Waals surface area contributed by atoms with Crippen LogP contribution in [-0.2, 0) is 14.3 Å². The lowest BCUT2D eigenvalue weighted by Crippen LogP contribution is -2.46. The number of benzene rings is 1. The van der Waals surface area contributed by atoms with Gasteiger partial charge in [-0.25, -0.2) is 15.0 Å². The van der Waals surface area contributed by atoms with Crippen LogP contribution in [0.2, 0.25) is 0 Å². The Morgan fingerprint density at radius 3 is 2.51 bits per heavy atom. The first-order valence-electron chi connectivity index (χ1n) is 12.7. The van der Waals surface area contributed by atoms with E-state index in [1.165, 1.54) is 0 Å². The minimum atomic E-state index is -3.54. The molecule has 1 aromatic carbocycles. The van der Waals surface area contributed by atoms with Gasteiger partial charge in [-0.3, -0.25) is 4.18 Å². The number of pyridine rings is 1. The van der Waals surface area contributed by atoms with Gasteiger partial charge in [0.2, 0.25) is 5.95 Å². The van der Waals surface area contributed by atoms with E-state index in [1.54, 1.807) is 6.20 Å². The van der Waals surface area contributed by atoms with Crippen LogP contribution in [0.3, 0.4) is 0 Å². The first-order valence-corrected chi connectivity index (χ1v) is 14.5. The number of hydrogen-bond acceptors (Lipinski definition) is 9. The number of nitrogens with zero attached hydrogens (tertiary/aromatic N) is 5. The van der Waals surface area contributed by atoms with E-state index >= 15 is 0 Å². The van der Waals surface area contributed by atoms with Crippen molar-refractivity contribution in [1.29, 1.82) is 0 Å². The summed E-state index contributed by atoms with van der Waals surface area (Å²) in [5.41, 5.74) is 6.78. The van der Waals surface area contributed by atoms with Crippen molar-refractivity contribution in [3.63, 3.8) is 0 Å². The zero-order valence-electron chi connectivity index (χ0n) is 22.0. The number of anilines is 1. The summed E-state index contributed by atoms with van der Waals surface area (Å²) < 4.78 is 35.8. The third-order valence-electron chi connectivity index (χ3n) is 7.03. The van der Waals surface area contributed by atoms with Crippen LogP contribution in [0, 0.1) is 20.8 Å². The van der Waals surface area contributed by atoms with E-state index in [0.29, 0.717) is 18.1 Å². The van der Waals surface area contributed by atoms with Crippen molar-refractivity contribution in [1.82, 2.24) is 24.7 Å². The van der Waals surface area contributed by atoms with Crippen LogP contribution in [0.15, 0.2) is 59.4 Å². The minimum Gasteiger partial charge on any atom is -0.361 e. The van der Waals surface area contributed by atoms with Crippen molar-refractivity contribution in [3.8, 4) is 28.2 Å². The van der Waals surface area contributed by atoms with Gasteiger partial charge in [0.1, 0.15) is 11.4 Å². The van der Waals surface area contributed by atoms with Crippen molar-refractivity contribution in [3.05, 3.63) is 71.9 Å². The van der Waals surface area contributed by atoms with Crippen LogP contribution < -0.4 is 5.32 Å². The standard InChI is InChI=1S/C28H28N6O4S/c1-16-14-29-28(31-22-12-13-24(22)38-39(4,35)36)32-26(16)21-15-34(19-8-6-5-7-9-19)27-20(21)10-11-23(30-27)25-17(2)33-37-18(25)3/h5-11,14-15,22,24H,12-13H2,1-4H3,(H,29,31,32)/t22?,24-/m1/s1. The summed E-state index contributed by atoms with van der Waals surface area (Å²) >= 11 is 0. The maximum absolute atomic E-state index is 11.6. The number of nitrogens with one attached hydrogen (secondary N) is 1. The normalized spacial score (nSPS) is 17.3. The highest BCUT2D eigenvalue weighted by Crippen LogP contribution is 2.36. The molecule has 5 aromatic rings. The van der Waals surface area contributed by atoms with Gasteiger partial charge >= 0.3 is 0 Å². The van der Waals surface area contributed by atoms with Gasteiger partial charge in [-0.1, -0.05) is 23.4 Å². The fourth-order valence-electron chi connectivity index (χ4n) is 4.99. The summed E-state index contributed by atoms with van der Waals surface area (Å²) in [4.78, 5) is 14.4. The molecule has 1 fully saturated rings. The SMILES string of the molecule is Cc1cnc(NC2CC[C@H]2OS(C)(=O)=O)nc1-c1cn(-c2ccccc2)c2nc(-c3c(C)noc3C)ccc12. The molecule has 0 bridgehead atoms. The van der Waals surface area contributed by atoms with Crippen LogP contribution in [0.4, 0.5) is 5.95 Å². The second-order valence-corrected chi connectivity index (χ2v) is 11.5. The highest BCUT2D eigenvalue weighted by molar-refractivity contribution is 7.86. The van der Waals surface area contributed by atoms with Crippen molar-refractivity contribution in [2.45, 2.75) is 45.8 Å². The zero-order chi connectivity index (χ0) is 27.3. The quantitative estimate of drug-likeness (QED) is 0.282. The Labute approximate surface area is 226 Å². The fourth-order valence-corrected chi connectivity index (χ4v) is 5.67. The maximum atomic E-state index is 11.6. The molecule has 0 radical (unpaired) electrons. The van der Waals surface area contributed by atoms with E-state index in [4.69, 9.17) is 18.7 Å². The van der Waals surface area contributed by atoms with Gasteiger partial charge in [0.15, 0.2) is 0 Å². The molecule has 1 saturated carbocycles. The van der Waals surface area contributed by atoms with Gasteiger partial charge in [-0.2, -0.15) is 8.42 Å². The van der Waals surface area contributed by atoms with Crippen LogP contribution in [0.25, 0.3) is 39.2 Å². The molecule has 1 unspecified atom stereocenters. The molecule has 0 saturated heterocycles. The van der Waals surface area contributed by atoms with E-state index < -0.39 is 16.2 Å². The number of rotatable bonds is 7. The topological polar surface area (TPSA) is 125 Å². The lowest BCUT2D eigenvalue weighted by molar-refractivity contribution is 0.111. The van der Waals surface area contributed by atoms with Gasteiger partial charge in [0.05, 0.1) is 41.0 Å². The molecule has 1 N–H and O–H groups in total. The Hall–Kier alpha value is -4.09. The minimum absolute atomic E-state index is 0.180. The van der Waals surface area contributed by atoms with E-state index in [2.05, 4.69) is 26.1 Å². The third kappa shape index (κ3) is 4.79. The highest BCUT2D eigenvalue weighted by Gasteiger charge is 2.35. The molecule has 39 heavy (non-hydrogen) atoms. The lowest BCUT2D eigenvalue weighted by Gasteiger charge is -2.35. The number of aromatic nitrogens is 5. The van der Waals surface area contributed by atoms with Crippen molar-refractivity contribution < 1.29 is 17.1 Å². The molecule has 4 heterocycles. The summed E-state index contributed by atoms with van der Waals surface area (Å²) in [7, 11) is -3.54. The monoisotopic (exact) mass is 544 g/mol. The number of hydrogen-bond donors (Lipinski definition) is 1. The molecule has 4 aromatic heterocycles. The Kier molecular flexibility index (Phi) is 6.19. The predicted molar refractivity (Wildman–Crippen MR) is 148 cm³/mol. The van der Waals surface area contributed by atoms with E-state index in [1.807, 2.05) is 63.4 Å². The van der Waals surface area contributed by atoms with Gasteiger partial charge in [0.25, 0.3) is 10.1 Å². The van der Waals surface area contributed by atoms with Gasteiger partial charge in [0, 0.05) is 29.0 Å². The molecular formula is C28H28N6O4S. The summed E-state index contributed by atoms with van der Waals surface area (Å²) in [5.74, 6) is 1.14. The second kappa shape index (κ2) is 9.58. The number of fused-ring (bicyclic) bond motifs is 1. The van der Waals surface area contributed by atoms with Gasteiger partial charge < -0.3 is 14.4 Å². The smallest absolute Gasteiger partial charge is 0.264 e. The maximum Gasteiger partial charge on any atom is 0.264 e. The average molecular weight is 545 g/mol. The molecular weight excluding hydrogens is 516 g/mol. The second-order valence-electron chi connectivity index (χ2n) is 9.91.